The van der Waals surface area contributed by atoms with Crippen LogP contribution in [0.2, 0.25) is 0 Å². The van der Waals surface area contributed by atoms with Gasteiger partial charge < -0.3 is 14.8 Å². The Hall–Kier alpha value is -1.59. The second kappa shape index (κ2) is 6.54. The number of carbonyl (C=O) groups is 1. The Bertz CT molecular complexity index is 493. The lowest BCUT2D eigenvalue weighted by atomic mass is 10.1. The van der Waals surface area contributed by atoms with Crippen molar-refractivity contribution < 1.29 is 14.3 Å². The fourth-order valence-electron chi connectivity index (χ4n) is 2.04. The average molecular weight is 279 g/mol. The first-order valence-electron chi connectivity index (χ1n) is 6.19. The summed E-state index contributed by atoms with van der Waals surface area (Å²) in [5.74, 6) is 0.108. The number of thiophene rings is 1. The van der Waals surface area contributed by atoms with Crippen molar-refractivity contribution in [1.29, 1.82) is 0 Å². The first-order chi connectivity index (χ1) is 9.15. The first-order valence-corrected chi connectivity index (χ1v) is 7.06. The highest BCUT2D eigenvalue weighted by molar-refractivity contribution is 7.10. The topological polar surface area (TPSA) is 62.5 Å². The fraction of sp³-hybridized carbons (Fsp3) is 0.357. The average Bonchev–Trinajstić information content (AvgIpc) is 2.99. The van der Waals surface area contributed by atoms with E-state index in [4.69, 9.17) is 9.52 Å². The normalized spacial score (nSPS) is 14.2. The Morgan fingerprint density at radius 2 is 2.32 bits per heavy atom. The van der Waals surface area contributed by atoms with Crippen molar-refractivity contribution in [2.24, 2.45) is 0 Å². The van der Waals surface area contributed by atoms with Crippen molar-refractivity contribution in [2.45, 2.75) is 31.8 Å². The van der Waals surface area contributed by atoms with Gasteiger partial charge in [-0.25, -0.2) is 0 Å². The third-order valence-corrected chi connectivity index (χ3v) is 3.82. The van der Waals surface area contributed by atoms with Crippen LogP contribution in [-0.2, 0) is 11.2 Å². The molecule has 2 aromatic rings. The van der Waals surface area contributed by atoms with E-state index in [9.17, 15) is 4.79 Å². The molecule has 5 heteroatoms. The molecule has 2 rings (SSSR count). The lowest BCUT2D eigenvalue weighted by molar-refractivity contribution is -0.137. The van der Waals surface area contributed by atoms with Crippen molar-refractivity contribution >= 4 is 17.3 Å². The predicted molar refractivity (Wildman–Crippen MR) is 74.3 cm³/mol. The van der Waals surface area contributed by atoms with E-state index in [-0.39, 0.29) is 18.5 Å². The van der Waals surface area contributed by atoms with Crippen molar-refractivity contribution in [3.63, 3.8) is 0 Å². The van der Waals surface area contributed by atoms with E-state index in [0.29, 0.717) is 0 Å². The van der Waals surface area contributed by atoms with E-state index in [1.807, 2.05) is 36.6 Å². The summed E-state index contributed by atoms with van der Waals surface area (Å²) in [5.41, 5.74) is 0. The summed E-state index contributed by atoms with van der Waals surface area (Å²) in [6.45, 7) is 2.03. The van der Waals surface area contributed by atoms with Gasteiger partial charge in [-0.05, 0) is 30.5 Å². The molecule has 2 N–H and O–H groups in total. The zero-order valence-electron chi connectivity index (χ0n) is 10.7. The summed E-state index contributed by atoms with van der Waals surface area (Å²) >= 11 is 1.57. The number of furan rings is 1. The highest BCUT2D eigenvalue weighted by Crippen LogP contribution is 2.23. The highest BCUT2D eigenvalue weighted by Gasteiger charge is 2.19. The molecule has 0 bridgehead atoms. The Kier molecular flexibility index (Phi) is 4.76. The van der Waals surface area contributed by atoms with E-state index in [1.54, 1.807) is 17.6 Å². The summed E-state index contributed by atoms with van der Waals surface area (Å²) < 4.78 is 5.30. The van der Waals surface area contributed by atoms with E-state index < -0.39 is 5.97 Å². The zero-order chi connectivity index (χ0) is 13.7. The molecule has 0 spiro atoms. The van der Waals surface area contributed by atoms with Gasteiger partial charge in [-0.3, -0.25) is 4.79 Å². The van der Waals surface area contributed by atoms with Gasteiger partial charge in [-0.1, -0.05) is 6.07 Å². The smallest absolute Gasteiger partial charge is 0.305 e. The highest BCUT2D eigenvalue weighted by atomic mass is 32.1. The van der Waals surface area contributed by atoms with Crippen molar-refractivity contribution in [1.82, 2.24) is 5.32 Å². The Morgan fingerprint density at radius 1 is 1.47 bits per heavy atom. The second-order valence-electron chi connectivity index (χ2n) is 4.52. The van der Waals surface area contributed by atoms with Gasteiger partial charge in [0.15, 0.2) is 0 Å². The lowest BCUT2D eigenvalue weighted by Crippen LogP contribution is -2.33. The first kappa shape index (κ1) is 13.8. The molecule has 19 heavy (non-hydrogen) atoms. The number of nitrogens with one attached hydrogen (secondary N) is 1. The summed E-state index contributed by atoms with van der Waals surface area (Å²) in [7, 11) is 0. The van der Waals surface area contributed by atoms with Gasteiger partial charge in [0, 0.05) is 17.3 Å². The minimum atomic E-state index is -0.795. The van der Waals surface area contributed by atoms with Crippen LogP contribution in [0.5, 0.6) is 0 Å². The Morgan fingerprint density at radius 3 is 2.89 bits per heavy atom. The molecular weight excluding hydrogens is 262 g/mol. The van der Waals surface area contributed by atoms with Gasteiger partial charge >= 0.3 is 5.97 Å². The molecule has 102 valence electrons. The molecule has 0 radical (unpaired) electrons. The molecule has 2 aromatic heterocycles. The van der Waals surface area contributed by atoms with E-state index in [2.05, 4.69) is 5.32 Å². The van der Waals surface area contributed by atoms with Crippen LogP contribution >= 0.6 is 11.3 Å². The SMILES string of the molecule is CC(Cc1ccco1)NC(CC(=O)O)c1cccs1. The van der Waals surface area contributed by atoms with Crippen LogP contribution in [0.1, 0.15) is 30.0 Å². The fourth-order valence-corrected chi connectivity index (χ4v) is 2.83. The number of hydrogen-bond donors (Lipinski definition) is 2. The number of rotatable bonds is 7. The van der Waals surface area contributed by atoms with E-state index in [0.717, 1.165) is 17.1 Å². The molecule has 0 saturated carbocycles. The quantitative estimate of drug-likeness (QED) is 0.817. The molecule has 0 amide bonds. The Labute approximate surface area is 116 Å². The van der Waals surface area contributed by atoms with Gasteiger partial charge in [-0.15, -0.1) is 11.3 Å². The van der Waals surface area contributed by atoms with Crippen LogP contribution in [0.25, 0.3) is 0 Å². The molecule has 2 atom stereocenters. The van der Waals surface area contributed by atoms with Crippen LogP contribution in [0.4, 0.5) is 0 Å². The van der Waals surface area contributed by atoms with Gasteiger partial charge in [0.1, 0.15) is 5.76 Å². The molecule has 0 saturated heterocycles. The summed E-state index contributed by atoms with van der Waals surface area (Å²) in [6, 6.07) is 7.68. The Balaban J connectivity index is 1.97. The maximum absolute atomic E-state index is 10.9. The van der Waals surface area contributed by atoms with Crippen molar-refractivity contribution in [2.75, 3.05) is 0 Å². The van der Waals surface area contributed by atoms with E-state index >= 15 is 0 Å². The van der Waals surface area contributed by atoms with E-state index in [1.165, 1.54) is 0 Å². The molecule has 0 aliphatic rings. The largest absolute Gasteiger partial charge is 0.481 e. The van der Waals surface area contributed by atoms with Crippen LogP contribution in [0.3, 0.4) is 0 Å². The summed E-state index contributed by atoms with van der Waals surface area (Å²) in [4.78, 5) is 12.0. The summed E-state index contributed by atoms with van der Waals surface area (Å²) in [5, 5.41) is 14.3. The standard InChI is InChI=1S/C14H17NO3S/c1-10(8-11-4-2-6-18-11)15-12(9-14(16)17)13-5-3-7-19-13/h2-7,10,12,15H,8-9H2,1H3,(H,16,17). The number of aliphatic carboxylic acids is 1. The molecule has 0 aliphatic heterocycles. The third-order valence-electron chi connectivity index (χ3n) is 2.84. The van der Waals surface area contributed by atoms with Crippen molar-refractivity contribution in [3.8, 4) is 0 Å². The van der Waals surface area contributed by atoms with Crippen LogP contribution in [0.15, 0.2) is 40.3 Å². The molecule has 0 aromatic carbocycles. The maximum Gasteiger partial charge on any atom is 0.305 e. The van der Waals surface area contributed by atoms with Gasteiger partial charge in [-0.2, -0.15) is 0 Å². The minimum absolute atomic E-state index is 0.0863. The van der Waals surface area contributed by atoms with Crippen LogP contribution in [-0.4, -0.2) is 17.1 Å². The predicted octanol–water partition coefficient (Wildman–Crippen LogP) is 3.08. The summed E-state index contributed by atoms with van der Waals surface area (Å²) in [6.07, 6.45) is 2.48. The van der Waals surface area contributed by atoms with Gasteiger partial charge in [0.05, 0.1) is 18.7 Å². The molecular formula is C14H17NO3S. The molecule has 2 unspecified atom stereocenters. The molecule has 0 fully saturated rings. The number of carboxylic acids is 1. The molecule has 4 nitrogen and oxygen atoms in total. The monoisotopic (exact) mass is 279 g/mol. The van der Waals surface area contributed by atoms with Gasteiger partial charge in [0.25, 0.3) is 0 Å². The zero-order valence-corrected chi connectivity index (χ0v) is 11.5. The molecule has 2 heterocycles. The van der Waals surface area contributed by atoms with Crippen molar-refractivity contribution in [3.05, 3.63) is 46.5 Å². The van der Waals surface area contributed by atoms with Crippen LogP contribution < -0.4 is 5.32 Å². The number of carboxylic acid groups (broad SMARTS) is 1. The van der Waals surface area contributed by atoms with Crippen LogP contribution in [0, 0.1) is 0 Å². The molecule has 0 aliphatic carbocycles. The second-order valence-corrected chi connectivity index (χ2v) is 5.50. The maximum atomic E-state index is 10.9. The third kappa shape index (κ3) is 4.22. The lowest BCUT2D eigenvalue weighted by Gasteiger charge is -2.20. The number of hydrogen-bond acceptors (Lipinski definition) is 4. The van der Waals surface area contributed by atoms with Gasteiger partial charge in [0.2, 0.25) is 0 Å². The minimum Gasteiger partial charge on any atom is -0.481 e.